The van der Waals surface area contributed by atoms with E-state index in [-0.39, 0.29) is 29.3 Å². The molecule has 0 spiro atoms. The van der Waals surface area contributed by atoms with Crippen LogP contribution in [0.5, 0.6) is 0 Å². The van der Waals surface area contributed by atoms with Crippen molar-refractivity contribution in [2.75, 3.05) is 18.2 Å². The van der Waals surface area contributed by atoms with Crippen molar-refractivity contribution in [2.45, 2.75) is 18.2 Å². The Balaban J connectivity index is 2.93. The van der Waals surface area contributed by atoms with Gasteiger partial charge in [-0.2, -0.15) is 11.8 Å². The molecule has 2 unspecified atom stereocenters. The summed E-state index contributed by atoms with van der Waals surface area (Å²) in [5.41, 5.74) is -0.223. The van der Waals surface area contributed by atoms with Crippen molar-refractivity contribution < 1.29 is 19.4 Å². The van der Waals surface area contributed by atoms with Crippen molar-refractivity contribution in [3.05, 3.63) is 23.6 Å². The van der Waals surface area contributed by atoms with Crippen LogP contribution < -0.4 is 5.32 Å². The minimum Gasteiger partial charge on any atom is -0.478 e. The lowest BCUT2D eigenvalue weighted by atomic mass is 10.2. The summed E-state index contributed by atoms with van der Waals surface area (Å²) in [7, 11) is 0. The number of nitrogens with one attached hydrogen (secondary N) is 1. The molecule has 0 radical (unpaired) electrons. The van der Waals surface area contributed by atoms with E-state index in [0.29, 0.717) is 0 Å². The minimum absolute atomic E-state index is 0.0427. The van der Waals surface area contributed by atoms with E-state index in [1.807, 2.05) is 6.26 Å². The number of rotatable bonds is 6. The molecule has 100 valence electrons. The number of carboxylic acids is 1. The molecule has 1 heterocycles. The SMILES string of the molecule is CSC(CO)C(C)Nc1ncc(F)cc1C(=O)O. The van der Waals surface area contributed by atoms with Gasteiger partial charge in [0.25, 0.3) is 0 Å². The number of hydrogen-bond acceptors (Lipinski definition) is 5. The number of carbonyl (C=O) groups is 1. The molecule has 0 saturated carbocycles. The molecule has 3 N–H and O–H groups in total. The summed E-state index contributed by atoms with van der Waals surface area (Å²) in [5, 5.41) is 20.9. The molecule has 0 fully saturated rings. The first-order valence-corrected chi connectivity index (χ1v) is 6.57. The molecule has 1 aromatic rings. The summed E-state index contributed by atoms with van der Waals surface area (Å²) in [6.07, 6.45) is 2.80. The number of halogens is 1. The lowest BCUT2D eigenvalue weighted by Crippen LogP contribution is -2.32. The smallest absolute Gasteiger partial charge is 0.339 e. The number of aliphatic hydroxyl groups is 1. The van der Waals surface area contributed by atoms with Crippen LogP contribution in [-0.2, 0) is 0 Å². The van der Waals surface area contributed by atoms with Gasteiger partial charge in [-0.3, -0.25) is 0 Å². The average molecular weight is 274 g/mol. The number of pyridine rings is 1. The number of nitrogens with zero attached hydrogens (tertiary/aromatic N) is 1. The van der Waals surface area contributed by atoms with E-state index in [1.165, 1.54) is 11.8 Å². The number of carboxylic acid groups (broad SMARTS) is 1. The van der Waals surface area contributed by atoms with Crippen LogP contribution in [-0.4, -0.2) is 45.3 Å². The Morgan fingerprint density at radius 3 is 2.83 bits per heavy atom. The van der Waals surface area contributed by atoms with Crippen LogP contribution in [0.4, 0.5) is 10.2 Å². The van der Waals surface area contributed by atoms with E-state index in [0.717, 1.165) is 12.3 Å². The van der Waals surface area contributed by atoms with E-state index in [1.54, 1.807) is 6.92 Å². The molecular formula is C11H15FN2O3S. The monoisotopic (exact) mass is 274 g/mol. The molecule has 0 aliphatic heterocycles. The molecule has 0 aliphatic rings. The van der Waals surface area contributed by atoms with Crippen molar-refractivity contribution in [2.24, 2.45) is 0 Å². The number of aromatic carboxylic acids is 1. The summed E-state index contributed by atoms with van der Waals surface area (Å²) < 4.78 is 12.9. The maximum absolute atomic E-state index is 12.9. The second-order valence-electron chi connectivity index (χ2n) is 3.74. The van der Waals surface area contributed by atoms with E-state index in [4.69, 9.17) is 10.2 Å². The van der Waals surface area contributed by atoms with E-state index >= 15 is 0 Å². The van der Waals surface area contributed by atoms with Crippen molar-refractivity contribution in [3.8, 4) is 0 Å². The molecule has 0 aromatic carbocycles. The van der Waals surface area contributed by atoms with Gasteiger partial charge in [0, 0.05) is 11.3 Å². The lowest BCUT2D eigenvalue weighted by molar-refractivity contribution is 0.0697. The highest BCUT2D eigenvalue weighted by atomic mass is 32.2. The maximum Gasteiger partial charge on any atom is 0.339 e. The van der Waals surface area contributed by atoms with Crippen molar-refractivity contribution in [1.82, 2.24) is 4.98 Å². The molecular weight excluding hydrogens is 259 g/mol. The highest BCUT2D eigenvalue weighted by molar-refractivity contribution is 7.99. The Bertz CT molecular complexity index is 427. The van der Waals surface area contributed by atoms with Crippen LogP contribution in [0.15, 0.2) is 12.3 Å². The third-order valence-electron chi connectivity index (χ3n) is 2.49. The molecule has 5 nitrogen and oxygen atoms in total. The molecule has 7 heteroatoms. The van der Waals surface area contributed by atoms with Crippen LogP contribution in [0.3, 0.4) is 0 Å². The number of anilines is 1. The largest absolute Gasteiger partial charge is 0.478 e. The first kappa shape index (κ1) is 14.7. The van der Waals surface area contributed by atoms with Crippen LogP contribution in [0.25, 0.3) is 0 Å². The van der Waals surface area contributed by atoms with Gasteiger partial charge in [0.2, 0.25) is 0 Å². The van der Waals surface area contributed by atoms with Gasteiger partial charge >= 0.3 is 5.97 Å². The number of thioether (sulfide) groups is 1. The predicted molar refractivity (Wildman–Crippen MR) is 68.6 cm³/mol. The molecule has 0 aliphatic carbocycles. The van der Waals surface area contributed by atoms with Crippen LogP contribution in [0.1, 0.15) is 17.3 Å². The van der Waals surface area contributed by atoms with Crippen LogP contribution in [0, 0.1) is 5.82 Å². The zero-order valence-electron chi connectivity index (χ0n) is 10.1. The molecule has 2 atom stereocenters. The van der Waals surface area contributed by atoms with Crippen molar-refractivity contribution in [3.63, 3.8) is 0 Å². The van der Waals surface area contributed by atoms with Gasteiger partial charge in [-0.25, -0.2) is 14.2 Å². The van der Waals surface area contributed by atoms with Gasteiger partial charge in [0.15, 0.2) is 0 Å². The van der Waals surface area contributed by atoms with E-state index in [9.17, 15) is 9.18 Å². The Kier molecular flexibility index (Phi) is 5.36. The van der Waals surface area contributed by atoms with Gasteiger partial charge in [-0.15, -0.1) is 0 Å². The zero-order chi connectivity index (χ0) is 13.7. The topological polar surface area (TPSA) is 82.5 Å². The fraction of sp³-hybridized carbons (Fsp3) is 0.455. The predicted octanol–water partition coefficient (Wildman–Crippen LogP) is 1.44. The fourth-order valence-corrected chi connectivity index (χ4v) is 2.09. The first-order chi connectivity index (χ1) is 8.49. The minimum atomic E-state index is -1.25. The third-order valence-corrected chi connectivity index (χ3v) is 3.65. The molecule has 0 saturated heterocycles. The highest BCUT2D eigenvalue weighted by Crippen LogP contribution is 2.18. The van der Waals surface area contributed by atoms with E-state index < -0.39 is 11.8 Å². The summed E-state index contributed by atoms with van der Waals surface area (Å²) >= 11 is 1.45. The summed E-state index contributed by atoms with van der Waals surface area (Å²) in [6, 6.07) is 0.721. The first-order valence-electron chi connectivity index (χ1n) is 5.28. The Morgan fingerprint density at radius 2 is 2.33 bits per heavy atom. The van der Waals surface area contributed by atoms with Gasteiger partial charge < -0.3 is 15.5 Å². The van der Waals surface area contributed by atoms with E-state index in [2.05, 4.69) is 10.3 Å². The summed E-state index contributed by atoms with van der Waals surface area (Å²) in [5.74, 6) is -1.85. The van der Waals surface area contributed by atoms with Gasteiger partial charge in [0.05, 0.1) is 12.8 Å². The zero-order valence-corrected chi connectivity index (χ0v) is 10.9. The average Bonchev–Trinajstić information content (AvgIpc) is 2.32. The standard InChI is InChI=1S/C11H15FN2O3S/c1-6(9(5-15)18-2)14-10-8(11(16)17)3-7(12)4-13-10/h3-4,6,9,15H,5H2,1-2H3,(H,13,14)(H,16,17). The Morgan fingerprint density at radius 1 is 1.67 bits per heavy atom. The molecule has 18 heavy (non-hydrogen) atoms. The Labute approximate surface area is 108 Å². The lowest BCUT2D eigenvalue weighted by Gasteiger charge is -2.22. The van der Waals surface area contributed by atoms with Crippen molar-refractivity contribution >= 4 is 23.5 Å². The quantitative estimate of drug-likeness (QED) is 0.728. The van der Waals surface area contributed by atoms with Crippen LogP contribution in [0.2, 0.25) is 0 Å². The normalized spacial score (nSPS) is 14.0. The summed E-state index contributed by atoms with van der Waals surface area (Å²) in [6.45, 7) is 1.76. The number of hydrogen-bond donors (Lipinski definition) is 3. The van der Waals surface area contributed by atoms with Crippen molar-refractivity contribution in [1.29, 1.82) is 0 Å². The molecule has 0 amide bonds. The van der Waals surface area contributed by atoms with Gasteiger partial charge in [-0.05, 0) is 19.2 Å². The van der Waals surface area contributed by atoms with Gasteiger partial charge in [0.1, 0.15) is 17.2 Å². The fourth-order valence-electron chi connectivity index (χ4n) is 1.46. The molecule has 0 bridgehead atoms. The highest BCUT2D eigenvalue weighted by Gasteiger charge is 2.19. The second-order valence-corrected chi connectivity index (χ2v) is 4.82. The number of aliphatic hydroxyl groups excluding tert-OH is 1. The van der Waals surface area contributed by atoms with Crippen LogP contribution >= 0.6 is 11.8 Å². The molecule has 1 rings (SSSR count). The number of aromatic nitrogens is 1. The Hall–Kier alpha value is -1.34. The summed E-state index contributed by atoms with van der Waals surface area (Å²) in [4.78, 5) is 14.7. The van der Waals surface area contributed by atoms with Gasteiger partial charge in [-0.1, -0.05) is 0 Å². The second kappa shape index (κ2) is 6.55. The maximum atomic E-state index is 12.9. The molecule has 1 aromatic heterocycles. The third kappa shape index (κ3) is 3.58.